The third-order valence-corrected chi connectivity index (χ3v) is 4.81. The Bertz CT molecular complexity index is 825. The molecule has 0 spiro atoms. The highest BCUT2D eigenvalue weighted by molar-refractivity contribution is 7.10. The minimum Gasteiger partial charge on any atom is -0.359 e. The Balaban J connectivity index is 1.44. The van der Waals surface area contributed by atoms with Gasteiger partial charge in [-0.3, -0.25) is 4.79 Å². The van der Waals surface area contributed by atoms with Gasteiger partial charge >= 0.3 is 0 Å². The molecule has 1 aliphatic rings. The number of imidazole rings is 1. The number of hydrogen-bond acceptors (Lipinski definition) is 6. The zero-order valence-electron chi connectivity index (χ0n) is 11.7. The summed E-state index contributed by atoms with van der Waals surface area (Å²) in [5.41, 5.74) is 2.57. The second-order valence-corrected chi connectivity index (χ2v) is 6.11. The maximum atomic E-state index is 12.4. The second-order valence-electron chi connectivity index (χ2n) is 5.11. The van der Waals surface area contributed by atoms with Crippen LogP contribution in [-0.4, -0.2) is 43.8 Å². The van der Waals surface area contributed by atoms with E-state index in [0.717, 1.165) is 13.0 Å². The van der Waals surface area contributed by atoms with Gasteiger partial charge in [0.05, 0.1) is 12.9 Å². The Morgan fingerprint density at radius 3 is 3.32 bits per heavy atom. The Morgan fingerprint density at radius 2 is 2.36 bits per heavy atom. The molecule has 1 aliphatic heterocycles. The van der Waals surface area contributed by atoms with Gasteiger partial charge in [0.15, 0.2) is 11.5 Å². The molecule has 8 heteroatoms. The number of amides is 1. The molecule has 2 N–H and O–H groups in total. The van der Waals surface area contributed by atoms with Crippen molar-refractivity contribution in [2.75, 3.05) is 18.4 Å². The highest BCUT2D eigenvalue weighted by Gasteiger charge is 2.21. The van der Waals surface area contributed by atoms with Crippen LogP contribution < -0.4 is 5.32 Å². The fourth-order valence-corrected chi connectivity index (χ4v) is 3.52. The molecule has 7 nitrogen and oxygen atoms in total. The van der Waals surface area contributed by atoms with Gasteiger partial charge in [0.1, 0.15) is 11.8 Å². The van der Waals surface area contributed by atoms with Gasteiger partial charge in [-0.25, -0.2) is 15.0 Å². The van der Waals surface area contributed by atoms with Crippen LogP contribution in [0, 0.1) is 0 Å². The highest BCUT2D eigenvalue weighted by Crippen LogP contribution is 2.24. The van der Waals surface area contributed by atoms with Crippen molar-refractivity contribution < 1.29 is 4.79 Å². The molecule has 0 bridgehead atoms. The van der Waals surface area contributed by atoms with E-state index in [0.29, 0.717) is 23.5 Å². The Hall–Kier alpha value is -2.48. The molecule has 0 atom stereocenters. The summed E-state index contributed by atoms with van der Waals surface area (Å²) in [5, 5.41) is 5.17. The van der Waals surface area contributed by atoms with Gasteiger partial charge < -0.3 is 15.2 Å². The fraction of sp³-hybridized carbons (Fsp3) is 0.286. The zero-order valence-corrected chi connectivity index (χ0v) is 12.6. The number of anilines is 1. The predicted molar refractivity (Wildman–Crippen MR) is 83.6 cm³/mol. The Kier molecular flexibility index (Phi) is 3.23. The van der Waals surface area contributed by atoms with E-state index in [1.807, 2.05) is 4.90 Å². The average molecular weight is 314 g/mol. The molecule has 0 aromatic carbocycles. The normalized spacial score (nSPS) is 14.1. The van der Waals surface area contributed by atoms with Crippen LogP contribution in [0.3, 0.4) is 0 Å². The topological polar surface area (TPSA) is 86.8 Å². The number of rotatable bonds is 3. The lowest BCUT2D eigenvalue weighted by Crippen LogP contribution is -2.38. The van der Waals surface area contributed by atoms with Gasteiger partial charge in [0.2, 0.25) is 5.91 Å². The van der Waals surface area contributed by atoms with E-state index in [2.05, 4.69) is 36.7 Å². The van der Waals surface area contributed by atoms with E-state index in [4.69, 9.17) is 0 Å². The molecule has 3 aromatic rings. The van der Waals surface area contributed by atoms with Gasteiger partial charge in [0.25, 0.3) is 0 Å². The largest absolute Gasteiger partial charge is 0.359 e. The number of fused-ring (bicyclic) bond motifs is 2. The number of aromatic amines is 1. The molecule has 0 saturated heterocycles. The van der Waals surface area contributed by atoms with E-state index in [1.165, 1.54) is 16.8 Å². The molecule has 4 heterocycles. The highest BCUT2D eigenvalue weighted by atomic mass is 32.1. The molecular formula is C14H14N6OS. The van der Waals surface area contributed by atoms with Crippen molar-refractivity contribution in [3.05, 3.63) is 34.5 Å². The van der Waals surface area contributed by atoms with Crippen LogP contribution in [0.15, 0.2) is 24.1 Å². The van der Waals surface area contributed by atoms with Crippen molar-refractivity contribution in [2.24, 2.45) is 0 Å². The summed E-state index contributed by atoms with van der Waals surface area (Å²) >= 11 is 1.77. The average Bonchev–Trinajstić information content (AvgIpc) is 3.20. The van der Waals surface area contributed by atoms with E-state index in [-0.39, 0.29) is 12.5 Å². The minimum absolute atomic E-state index is 0.0723. The number of carbonyl (C=O) groups excluding carboxylic acids is 1. The van der Waals surface area contributed by atoms with Crippen molar-refractivity contribution in [1.82, 2.24) is 24.8 Å². The summed E-state index contributed by atoms with van der Waals surface area (Å²) in [7, 11) is 0. The van der Waals surface area contributed by atoms with Crippen LogP contribution in [0.2, 0.25) is 0 Å². The van der Waals surface area contributed by atoms with Gasteiger partial charge in [-0.15, -0.1) is 11.3 Å². The van der Waals surface area contributed by atoms with Crippen molar-refractivity contribution in [3.63, 3.8) is 0 Å². The molecule has 112 valence electrons. The molecular weight excluding hydrogens is 300 g/mol. The molecule has 0 fully saturated rings. The smallest absolute Gasteiger partial charge is 0.242 e. The van der Waals surface area contributed by atoms with E-state index in [1.54, 1.807) is 17.7 Å². The van der Waals surface area contributed by atoms with Crippen LogP contribution in [0.5, 0.6) is 0 Å². The number of thiophene rings is 1. The molecule has 0 unspecified atom stereocenters. The van der Waals surface area contributed by atoms with Crippen molar-refractivity contribution in [1.29, 1.82) is 0 Å². The first-order chi connectivity index (χ1) is 10.8. The molecule has 3 aromatic heterocycles. The SMILES string of the molecule is O=C(CNc1ncnc2nc[nH]c12)N1CCc2sccc2C1. The van der Waals surface area contributed by atoms with Crippen molar-refractivity contribution >= 4 is 34.2 Å². The molecule has 0 aliphatic carbocycles. The number of hydrogen-bond donors (Lipinski definition) is 2. The number of nitrogens with zero attached hydrogens (tertiary/aromatic N) is 4. The first-order valence-corrected chi connectivity index (χ1v) is 7.90. The lowest BCUT2D eigenvalue weighted by atomic mass is 10.1. The molecule has 1 amide bonds. The van der Waals surface area contributed by atoms with Crippen molar-refractivity contribution in [2.45, 2.75) is 13.0 Å². The lowest BCUT2D eigenvalue weighted by molar-refractivity contribution is -0.130. The first-order valence-electron chi connectivity index (χ1n) is 7.02. The quantitative estimate of drug-likeness (QED) is 0.763. The lowest BCUT2D eigenvalue weighted by Gasteiger charge is -2.27. The van der Waals surface area contributed by atoms with Gasteiger partial charge in [-0.05, 0) is 23.4 Å². The third-order valence-electron chi connectivity index (χ3n) is 3.79. The predicted octanol–water partition coefficient (Wildman–Crippen LogP) is 1.41. The van der Waals surface area contributed by atoms with Crippen LogP contribution in [0.4, 0.5) is 5.82 Å². The maximum Gasteiger partial charge on any atom is 0.242 e. The van der Waals surface area contributed by atoms with Crippen LogP contribution in [0.25, 0.3) is 11.2 Å². The summed E-state index contributed by atoms with van der Waals surface area (Å²) in [5.74, 6) is 0.673. The Morgan fingerprint density at radius 1 is 1.41 bits per heavy atom. The standard InChI is InChI=1S/C14H14N6OS/c21-11(20-3-1-10-9(6-20)2-4-22-10)5-15-13-12-14(17-7-16-12)19-8-18-13/h2,4,7-8H,1,3,5-6H2,(H2,15,16,17,18,19). The second kappa shape index (κ2) is 5.38. The monoisotopic (exact) mass is 314 g/mol. The number of aromatic nitrogens is 4. The number of carbonyl (C=O) groups is 1. The van der Waals surface area contributed by atoms with E-state index >= 15 is 0 Å². The Labute approximate surface area is 130 Å². The van der Waals surface area contributed by atoms with Crippen LogP contribution >= 0.6 is 11.3 Å². The number of nitrogens with one attached hydrogen (secondary N) is 2. The summed E-state index contributed by atoms with van der Waals surface area (Å²) in [6.07, 6.45) is 3.95. The van der Waals surface area contributed by atoms with E-state index in [9.17, 15) is 4.79 Å². The molecule has 22 heavy (non-hydrogen) atoms. The molecule has 0 radical (unpaired) electrons. The summed E-state index contributed by atoms with van der Waals surface area (Å²) in [6, 6.07) is 2.10. The third kappa shape index (κ3) is 2.31. The summed E-state index contributed by atoms with van der Waals surface area (Å²) in [6.45, 7) is 1.68. The fourth-order valence-electron chi connectivity index (χ4n) is 2.63. The number of H-pyrrole nitrogens is 1. The first kappa shape index (κ1) is 13.2. The van der Waals surface area contributed by atoms with Crippen molar-refractivity contribution in [3.8, 4) is 0 Å². The minimum atomic E-state index is 0.0723. The van der Waals surface area contributed by atoms with Gasteiger partial charge in [0, 0.05) is 18.0 Å². The zero-order chi connectivity index (χ0) is 14.9. The van der Waals surface area contributed by atoms with Gasteiger partial charge in [-0.1, -0.05) is 0 Å². The molecule has 4 rings (SSSR count). The van der Waals surface area contributed by atoms with Gasteiger partial charge in [-0.2, -0.15) is 0 Å². The van der Waals surface area contributed by atoms with Crippen LogP contribution in [-0.2, 0) is 17.8 Å². The maximum absolute atomic E-state index is 12.4. The summed E-state index contributed by atoms with van der Waals surface area (Å²) < 4.78 is 0. The summed E-state index contributed by atoms with van der Waals surface area (Å²) in [4.78, 5) is 30.9. The molecule has 0 saturated carbocycles. The van der Waals surface area contributed by atoms with Crippen LogP contribution in [0.1, 0.15) is 10.4 Å². The van der Waals surface area contributed by atoms with E-state index < -0.39 is 0 Å².